The molecule has 4 nitrogen and oxygen atoms in total. The van der Waals surface area contributed by atoms with Gasteiger partial charge in [0.2, 0.25) is 0 Å². The second-order valence-electron chi connectivity index (χ2n) is 5.98. The van der Waals surface area contributed by atoms with Crippen LogP contribution in [0.4, 0.5) is 5.69 Å². The number of hydrogen-bond donors (Lipinski definition) is 2. The first-order chi connectivity index (χ1) is 10.2. The van der Waals surface area contributed by atoms with E-state index in [9.17, 15) is 4.79 Å². The molecule has 4 heteroatoms. The molecule has 1 aromatic rings. The summed E-state index contributed by atoms with van der Waals surface area (Å²) in [6.07, 6.45) is 3.03. The first kappa shape index (κ1) is 15.8. The highest BCUT2D eigenvalue weighted by Crippen LogP contribution is 2.22. The Morgan fingerprint density at radius 3 is 3.10 bits per heavy atom. The largest absolute Gasteiger partial charge is 0.385 e. The SMILES string of the molecule is CC(C)COCCCNC(=O)c1ccc2c(c1)CCCN2. The Labute approximate surface area is 127 Å². The molecule has 21 heavy (non-hydrogen) atoms. The van der Waals surface area contributed by atoms with Crippen molar-refractivity contribution in [2.75, 3.05) is 31.6 Å². The van der Waals surface area contributed by atoms with Gasteiger partial charge < -0.3 is 15.4 Å². The molecule has 0 bridgehead atoms. The average Bonchev–Trinajstić information content (AvgIpc) is 2.49. The van der Waals surface area contributed by atoms with Crippen LogP contribution in [0.1, 0.15) is 42.6 Å². The molecule has 0 saturated heterocycles. The van der Waals surface area contributed by atoms with Crippen molar-refractivity contribution in [1.29, 1.82) is 0 Å². The summed E-state index contributed by atoms with van der Waals surface area (Å²) in [4.78, 5) is 12.1. The molecule has 0 fully saturated rings. The first-order valence-electron chi connectivity index (χ1n) is 7.89. The van der Waals surface area contributed by atoms with Crippen LogP contribution in [-0.4, -0.2) is 32.2 Å². The predicted molar refractivity (Wildman–Crippen MR) is 85.9 cm³/mol. The van der Waals surface area contributed by atoms with Crippen LogP contribution in [0, 0.1) is 5.92 Å². The van der Waals surface area contributed by atoms with Crippen molar-refractivity contribution in [2.45, 2.75) is 33.1 Å². The Kier molecular flexibility index (Phi) is 6.05. The summed E-state index contributed by atoms with van der Waals surface area (Å²) in [7, 11) is 0. The fourth-order valence-corrected chi connectivity index (χ4v) is 2.41. The molecule has 116 valence electrons. The lowest BCUT2D eigenvalue weighted by Gasteiger charge is -2.18. The number of ether oxygens (including phenoxy) is 1. The van der Waals surface area contributed by atoms with Crippen LogP contribution in [0.2, 0.25) is 0 Å². The zero-order valence-electron chi connectivity index (χ0n) is 13.1. The van der Waals surface area contributed by atoms with Gasteiger partial charge in [-0.05, 0) is 48.9 Å². The minimum Gasteiger partial charge on any atom is -0.385 e. The average molecular weight is 290 g/mol. The van der Waals surface area contributed by atoms with E-state index in [-0.39, 0.29) is 5.91 Å². The number of carbonyl (C=O) groups excluding carboxylic acids is 1. The van der Waals surface area contributed by atoms with Crippen molar-refractivity contribution in [3.8, 4) is 0 Å². The third-order valence-electron chi connectivity index (χ3n) is 3.51. The van der Waals surface area contributed by atoms with Gasteiger partial charge in [0, 0.05) is 37.6 Å². The highest BCUT2D eigenvalue weighted by atomic mass is 16.5. The minimum atomic E-state index is 0.00670. The molecule has 1 aliphatic rings. The molecule has 0 atom stereocenters. The molecule has 2 N–H and O–H groups in total. The van der Waals surface area contributed by atoms with Gasteiger partial charge in [-0.15, -0.1) is 0 Å². The molecule has 0 saturated carbocycles. The first-order valence-corrected chi connectivity index (χ1v) is 7.89. The van der Waals surface area contributed by atoms with E-state index in [1.807, 2.05) is 18.2 Å². The van der Waals surface area contributed by atoms with Gasteiger partial charge in [-0.1, -0.05) is 13.8 Å². The van der Waals surface area contributed by atoms with Crippen LogP contribution in [0.15, 0.2) is 18.2 Å². The summed E-state index contributed by atoms with van der Waals surface area (Å²) in [5.41, 5.74) is 3.16. The van der Waals surface area contributed by atoms with Gasteiger partial charge in [0.15, 0.2) is 0 Å². The van der Waals surface area contributed by atoms with Gasteiger partial charge in [0.05, 0.1) is 0 Å². The summed E-state index contributed by atoms with van der Waals surface area (Å²) in [5, 5.41) is 6.31. The number of amides is 1. The lowest BCUT2D eigenvalue weighted by Crippen LogP contribution is -2.26. The maximum atomic E-state index is 12.1. The zero-order chi connectivity index (χ0) is 15.1. The molecule has 0 radical (unpaired) electrons. The molecule has 0 aromatic heterocycles. The number of carbonyl (C=O) groups is 1. The van der Waals surface area contributed by atoms with Crippen molar-refractivity contribution in [3.63, 3.8) is 0 Å². The maximum absolute atomic E-state index is 12.1. The highest BCUT2D eigenvalue weighted by Gasteiger charge is 2.12. The number of anilines is 1. The lowest BCUT2D eigenvalue weighted by atomic mass is 10.0. The van der Waals surface area contributed by atoms with Crippen molar-refractivity contribution < 1.29 is 9.53 Å². The minimum absolute atomic E-state index is 0.00670. The summed E-state index contributed by atoms with van der Waals surface area (Å²) in [6, 6.07) is 5.91. The third kappa shape index (κ3) is 5.05. The van der Waals surface area contributed by atoms with Crippen LogP contribution in [0.3, 0.4) is 0 Å². The number of hydrogen-bond acceptors (Lipinski definition) is 3. The maximum Gasteiger partial charge on any atom is 0.251 e. The topological polar surface area (TPSA) is 50.4 Å². The number of aryl methyl sites for hydroxylation is 1. The van der Waals surface area contributed by atoms with Gasteiger partial charge in [-0.3, -0.25) is 4.79 Å². The van der Waals surface area contributed by atoms with Crippen LogP contribution < -0.4 is 10.6 Å². The Bertz CT molecular complexity index is 472. The number of benzene rings is 1. The Hall–Kier alpha value is -1.55. The van der Waals surface area contributed by atoms with Crippen molar-refractivity contribution in [1.82, 2.24) is 5.32 Å². The van der Waals surface area contributed by atoms with E-state index in [0.717, 1.165) is 38.0 Å². The molecule has 1 heterocycles. The highest BCUT2D eigenvalue weighted by molar-refractivity contribution is 5.94. The zero-order valence-corrected chi connectivity index (χ0v) is 13.1. The molecular formula is C17H26N2O2. The molecule has 2 rings (SSSR count). The van der Waals surface area contributed by atoms with Crippen molar-refractivity contribution in [2.24, 2.45) is 5.92 Å². The van der Waals surface area contributed by atoms with Crippen molar-refractivity contribution in [3.05, 3.63) is 29.3 Å². The van der Waals surface area contributed by atoms with Crippen molar-refractivity contribution >= 4 is 11.6 Å². The van der Waals surface area contributed by atoms with Gasteiger partial charge in [-0.2, -0.15) is 0 Å². The molecule has 0 aliphatic carbocycles. The summed E-state index contributed by atoms with van der Waals surface area (Å²) in [5.74, 6) is 0.566. The van der Waals surface area contributed by atoms with E-state index in [1.165, 1.54) is 11.3 Å². The Balaban J connectivity index is 1.73. The smallest absolute Gasteiger partial charge is 0.251 e. The molecule has 0 spiro atoms. The monoisotopic (exact) mass is 290 g/mol. The van der Waals surface area contributed by atoms with Crippen LogP contribution >= 0.6 is 0 Å². The molecule has 1 aliphatic heterocycles. The predicted octanol–water partition coefficient (Wildman–Crippen LogP) is 2.84. The summed E-state index contributed by atoms with van der Waals surface area (Å²) < 4.78 is 5.50. The van der Waals surface area contributed by atoms with Crippen LogP contribution in [0.25, 0.3) is 0 Å². The number of nitrogens with one attached hydrogen (secondary N) is 2. The molecule has 1 aromatic carbocycles. The van der Waals surface area contributed by atoms with Crippen LogP contribution in [0.5, 0.6) is 0 Å². The van der Waals surface area contributed by atoms with Gasteiger partial charge in [0.25, 0.3) is 5.91 Å². The normalized spacial score (nSPS) is 13.7. The van der Waals surface area contributed by atoms with Gasteiger partial charge in [0.1, 0.15) is 0 Å². The van der Waals surface area contributed by atoms with E-state index in [1.54, 1.807) is 0 Å². The lowest BCUT2D eigenvalue weighted by molar-refractivity contribution is 0.0925. The van der Waals surface area contributed by atoms with E-state index >= 15 is 0 Å². The molecule has 0 unspecified atom stereocenters. The van der Waals surface area contributed by atoms with E-state index in [0.29, 0.717) is 19.1 Å². The summed E-state index contributed by atoms with van der Waals surface area (Å²) in [6.45, 7) is 7.43. The Morgan fingerprint density at radius 1 is 1.43 bits per heavy atom. The number of rotatable bonds is 7. The standard InChI is InChI=1S/C17H26N2O2/c1-13(2)12-21-10-4-9-19-17(20)15-6-7-16-14(11-15)5-3-8-18-16/h6-7,11,13,18H,3-5,8-10,12H2,1-2H3,(H,19,20). The second-order valence-corrected chi connectivity index (χ2v) is 5.98. The van der Waals surface area contributed by atoms with E-state index < -0.39 is 0 Å². The summed E-state index contributed by atoms with van der Waals surface area (Å²) >= 11 is 0. The van der Waals surface area contributed by atoms with E-state index in [4.69, 9.17) is 4.74 Å². The fourth-order valence-electron chi connectivity index (χ4n) is 2.41. The number of fused-ring (bicyclic) bond motifs is 1. The fraction of sp³-hybridized carbons (Fsp3) is 0.588. The molecular weight excluding hydrogens is 264 g/mol. The quantitative estimate of drug-likeness (QED) is 0.759. The van der Waals surface area contributed by atoms with Crippen LogP contribution in [-0.2, 0) is 11.2 Å². The third-order valence-corrected chi connectivity index (χ3v) is 3.51. The van der Waals surface area contributed by atoms with Gasteiger partial charge in [-0.25, -0.2) is 0 Å². The second kappa shape index (κ2) is 8.03. The van der Waals surface area contributed by atoms with E-state index in [2.05, 4.69) is 24.5 Å². The molecule has 1 amide bonds. The Morgan fingerprint density at radius 2 is 2.29 bits per heavy atom. The van der Waals surface area contributed by atoms with Gasteiger partial charge >= 0.3 is 0 Å².